The fourth-order valence-corrected chi connectivity index (χ4v) is 1.96. The maximum Gasteiger partial charge on any atom is 0.134 e. The molecule has 0 amide bonds. The third-order valence-electron chi connectivity index (χ3n) is 2.93. The molecule has 2 heterocycles. The number of rotatable bonds is 2. The molecule has 90 valence electrons. The van der Waals surface area contributed by atoms with Crippen molar-refractivity contribution in [3.8, 4) is 11.3 Å². The second-order valence-electron chi connectivity index (χ2n) is 4.29. The average Bonchev–Trinajstić information content (AvgIpc) is 2.88. The van der Waals surface area contributed by atoms with Crippen molar-refractivity contribution < 1.29 is 9.52 Å². The average molecular weight is 239 g/mol. The lowest BCUT2D eigenvalue weighted by Crippen LogP contribution is -1.85. The highest BCUT2D eigenvalue weighted by Crippen LogP contribution is 2.27. The van der Waals surface area contributed by atoms with Crippen molar-refractivity contribution in [3.63, 3.8) is 0 Å². The molecule has 0 aliphatic heterocycles. The molecule has 0 saturated carbocycles. The first-order valence-corrected chi connectivity index (χ1v) is 5.87. The number of aliphatic hydroxyl groups is 1. The fraction of sp³-hybridized carbons (Fsp3) is 0.133. The van der Waals surface area contributed by atoms with Gasteiger partial charge in [0.05, 0.1) is 5.52 Å². The molecular formula is C15H13NO2. The number of furan rings is 1. The van der Waals surface area contributed by atoms with Crippen LogP contribution in [0.15, 0.2) is 53.1 Å². The van der Waals surface area contributed by atoms with Gasteiger partial charge in [0.2, 0.25) is 0 Å². The van der Waals surface area contributed by atoms with Gasteiger partial charge in [0.15, 0.2) is 0 Å². The van der Waals surface area contributed by atoms with Crippen LogP contribution in [0.4, 0.5) is 0 Å². The van der Waals surface area contributed by atoms with Crippen molar-refractivity contribution in [1.82, 2.24) is 4.98 Å². The first-order valence-electron chi connectivity index (χ1n) is 5.87. The Hall–Kier alpha value is -2.13. The van der Waals surface area contributed by atoms with Gasteiger partial charge >= 0.3 is 0 Å². The Morgan fingerprint density at radius 2 is 2.06 bits per heavy atom. The van der Waals surface area contributed by atoms with Gasteiger partial charge in [-0.25, -0.2) is 0 Å². The van der Waals surface area contributed by atoms with Crippen LogP contribution in [0, 0.1) is 0 Å². The summed E-state index contributed by atoms with van der Waals surface area (Å²) in [6.45, 7) is 1.69. The van der Waals surface area contributed by atoms with Crippen LogP contribution in [-0.2, 0) is 0 Å². The maximum absolute atomic E-state index is 9.45. The van der Waals surface area contributed by atoms with Gasteiger partial charge < -0.3 is 9.52 Å². The molecule has 3 heteroatoms. The summed E-state index contributed by atoms with van der Waals surface area (Å²) < 4.78 is 5.61. The quantitative estimate of drug-likeness (QED) is 0.743. The Labute approximate surface area is 105 Å². The molecule has 1 atom stereocenters. The van der Waals surface area contributed by atoms with Gasteiger partial charge in [-0.3, -0.25) is 4.98 Å². The van der Waals surface area contributed by atoms with Crippen LogP contribution in [0.25, 0.3) is 22.2 Å². The summed E-state index contributed by atoms with van der Waals surface area (Å²) >= 11 is 0. The van der Waals surface area contributed by atoms with Gasteiger partial charge in [-0.05, 0) is 43.3 Å². The Bertz CT molecular complexity index is 686. The number of hydrogen-bond donors (Lipinski definition) is 1. The van der Waals surface area contributed by atoms with Gasteiger partial charge in [0, 0.05) is 17.1 Å². The Morgan fingerprint density at radius 1 is 1.17 bits per heavy atom. The molecule has 2 aromatic heterocycles. The van der Waals surface area contributed by atoms with E-state index in [-0.39, 0.29) is 0 Å². The molecule has 18 heavy (non-hydrogen) atoms. The molecule has 3 aromatic rings. The third kappa shape index (κ3) is 1.89. The van der Waals surface area contributed by atoms with Crippen molar-refractivity contribution in [3.05, 3.63) is 54.4 Å². The lowest BCUT2D eigenvalue weighted by Gasteiger charge is -2.01. The second kappa shape index (κ2) is 4.27. The molecule has 0 radical (unpaired) electrons. The fourth-order valence-electron chi connectivity index (χ4n) is 1.96. The van der Waals surface area contributed by atoms with Gasteiger partial charge in [0.25, 0.3) is 0 Å². The van der Waals surface area contributed by atoms with Crippen molar-refractivity contribution in [2.75, 3.05) is 0 Å². The molecule has 0 bridgehead atoms. The van der Waals surface area contributed by atoms with Crippen LogP contribution in [0.3, 0.4) is 0 Å². The summed E-state index contributed by atoms with van der Waals surface area (Å²) in [6, 6.07) is 13.6. The smallest absolute Gasteiger partial charge is 0.134 e. The van der Waals surface area contributed by atoms with E-state index in [1.807, 2.05) is 36.4 Å². The topological polar surface area (TPSA) is 46.3 Å². The highest BCUT2D eigenvalue weighted by Gasteiger charge is 2.09. The molecule has 0 fully saturated rings. The van der Waals surface area contributed by atoms with Gasteiger partial charge in [0.1, 0.15) is 17.6 Å². The Kier molecular flexibility index (Phi) is 2.61. The van der Waals surface area contributed by atoms with Crippen LogP contribution < -0.4 is 0 Å². The molecule has 1 aromatic carbocycles. The molecule has 0 aliphatic rings. The highest BCUT2D eigenvalue weighted by atomic mass is 16.4. The monoisotopic (exact) mass is 239 g/mol. The molecule has 1 N–H and O–H groups in total. The Morgan fingerprint density at radius 3 is 2.83 bits per heavy atom. The zero-order valence-corrected chi connectivity index (χ0v) is 10.00. The zero-order valence-electron chi connectivity index (χ0n) is 10.00. The van der Waals surface area contributed by atoms with Crippen molar-refractivity contribution in [2.24, 2.45) is 0 Å². The van der Waals surface area contributed by atoms with Crippen LogP contribution in [0.2, 0.25) is 0 Å². The summed E-state index contributed by atoms with van der Waals surface area (Å²) in [4.78, 5) is 4.28. The van der Waals surface area contributed by atoms with E-state index >= 15 is 0 Å². The van der Waals surface area contributed by atoms with Crippen molar-refractivity contribution in [2.45, 2.75) is 13.0 Å². The normalized spacial score (nSPS) is 12.8. The van der Waals surface area contributed by atoms with Crippen molar-refractivity contribution >= 4 is 10.9 Å². The van der Waals surface area contributed by atoms with Crippen LogP contribution in [-0.4, -0.2) is 10.1 Å². The lowest BCUT2D eigenvalue weighted by atomic mass is 10.1. The van der Waals surface area contributed by atoms with Crippen LogP contribution >= 0.6 is 0 Å². The minimum Gasteiger partial charge on any atom is -0.458 e. The second-order valence-corrected chi connectivity index (χ2v) is 4.29. The number of nitrogens with zero attached hydrogens (tertiary/aromatic N) is 1. The van der Waals surface area contributed by atoms with Gasteiger partial charge in [-0.2, -0.15) is 0 Å². The standard InChI is InChI=1S/C15H13NO2/c1-10(17)14-6-7-15(18-14)12-4-5-13-11(9-12)3-2-8-16-13/h2-10,17H,1H3. The first-order chi connectivity index (χ1) is 8.74. The van der Waals surface area contributed by atoms with E-state index in [9.17, 15) is 5.11 Å². The molecule has 1 unspecified atom stereocenters. The van der Waals surface area contributed by atoms with E-state index < -0.39 is 6.10 Å². The maximum atomic E-state index is 9.45. The summed E-state index contributed by atoms with van der Waals surface area (Å²) in [7, 11) is 0. The summed E-state index contributed by atoms with van der Waals surface area (Å²) in [5.41, 5.74) is 1.95. The lowest BCUT2D eigenvalue weighted by molar-refractivity contribution is 0.170. The van der Waals surface area contributed by atoms with E-state index in [1.54, 1.807) is 19.2 Å². The minimum atomic E-state index is -0.583. The van der Waals surface area contributed by atoms with Crippen LogP contribution in [0.1, 0.15) is 18.8 Å². The molecular weight excluding hydrogens is 226 g/mol. The number of pyridine rings is 1. The van der Waals surface area contributed by atoms with Crippen LogP contribution in [0.5, 0.6) is 0 Å². The SMILES string of the molecule is CC(O)c1ccc(-c2ccc3ncccc3c2)o1. The highest BCUT2D eigenvalue weighted by molar-refractivity contribution is 5.83. The predicted molar refractivity (Wildman–Crippen MR) is 70.1 cm³/mol. The molecule has 3 rings (SSSR count). The van der Waals surface area contributed by atoms with Gasteiger partial charge in [-0.1, -0.05) is 6.07 Å². The zero-order chi connectivity index (χ0) is 12.5. The number of fused-ring (bicyclic) bond motifs is 1. The van der Waals surface area contributed by atoms with E-state index in [0.29, 0.717) is 5.76 Å². The van der Waals surface area contributed by atoms with Crippen molar-refractivity contribution in [1.29, 1.82) is 0 Å². The number of hydrogen-bond acceptors (Lipinski definition) is 3. The Balaban J connectivity index is 2.07. The van der Waals surface area contributed by atoms with E-state index in [2.05, 4.69) is 4.98 Å². The molecule has 0 spiro atoms. The number of aromatic nitrogens is 1. The summed E-state index contributed by atoms with van der Waals surface area (Å²) in [5, 5.41) is 10.5. The van der Waals surface area contributed by atoms with Gasteiger partial charge in [-0.15, -0.1) is 0 Å². The predicted octanol–water partition coefficient (Wildman–Crippen LogP) is 3.55. The molecule has 0 aliphatic carbocycles. The number of aliphatic hydroxyl groups excluding tert-OH is 1. The minimum absolute atomic E-state index is 0.580. The third-order valence-corrected chi connectivity index (χ3v) is 2.93. The summed E-state index contributed by atoms with van der Waals surface area (Å²) in [6.07, 6.45) is 1.20. The molecule has 3 nitrogen and oxygen atoms in total. The first kappa shape index (κ1) is 11.0. The number of benzene rings is 1. The molecule has 0 saturated heterocycles. The summed E-state index contributed by atoms with van der Waals surface area (Å²) in [5.74, 6) is 1.34. The largest absolute Gasteiger partial charge is 0.458 e. The van der Waals surface area contributed by atoms with E-state index in [1.165, 1.54) is 0 Å². The van der Waals surface area contributed by atoms with E-state index in [0.717, 1.165) is 22.2 Å². The van der Waals surface area contributed by atoms with E-state index in [4.69, 9.17) is 4.42 Å².